The first-order valence-corrected chi connectivity index (χ1v) is 19.8. The molecule has 1 aliphatic rings. The first kappa shape index (κ1) is 33.2. The van der Waals surface area contributed by atoms with Crippen LogP contribution in [0.25, 0.3) is 77.2 Å². The largest absolute Gasteiger partial charge is 0.455 e. The highest BCUT2D eigenvalue weighted by molar-refractivity contribution is 6.27. The van der Waals surface area contributed by atoms with E-state index in [9.17, 15) is 0 Å². The monoisotopic (exact) mass is 729 g/mol. The van der Waals surface area contributed by atoms with E-state index in [-0.39, 0.29) is 5.41 Å². The number of benzene rings is 9. The number of nitrogens with zero attached hydrogens (tertiary/aromatic N) is 1. The van der Waals surface area contributed by atoms with Crippen molar-refractivity contribution in [1.82, 2.24) is 0 Å². The van der Waals surface area contributed by atoms with E-state index in [4.69, 9.17) is 4.42 Å². The van der Waals surface area contributed by atoms with Crippen LogP contribution in [-0.2, 0) is 5.41 Å². The summed E-state index contributed by atoms with van der Waals surface area (Å²) in [6.45, 7) is 4.72. The number of furan rings is 1. The van der Waals surface area contributed by atoms with Crippen LogP contribution < -0.4 is 4.90 Å². The number of hydrogen-bond acceptors (Lipinski definition) is 2. The lowest BCUT2D eigenvalue weighted by atomic mass is 9.82. The van der Waals surface area contributed by atoms with Crippen molar-refractivity contribution in [3.05, 3.63) is 211 Å². The van der Waals surface area contributed by atoms with Crippen LogP contribution in [0.15, 0.2) is 205 Å². The molecule has 1 aliphatic carbocycles. The SMILES string of the molecule is CC1(C)c2ccccc2-c2ccc(N(c3ccc(-c4ccc(-c5ccccc5)cc4)cc3)c3c(-c4ccccc4)c4ccccc4c4oc5ccccc5c34)cc21. The molecular formula is C55H39NO. The van der Waals surface area contributed by atoms with Crippen LogP contribution in [0.1, 0.15) is 25.0 Å². The van der Waals surface area contributed by atoms with E-state index in [1.807, 2.05) is 0 Å². The van der Waals surface area contributed by atoms with Gasteiger partial charge in [0.2, 0.25) is 0 Å². The van der Waals surface area contributed by atoms with E-state index in [1.54, 1.807) is 0 Å². The first-order chi connectivity index (χ1) is 28.0. The Balaban J connectivity index is 1.18. The standard InChI is InChI=1S/C55H39NO/c1-55(2)48-23-13-11-19-43(48)44-34-33-42(35-49(44)55)56(41-31-29-39(30-32-41)38-27-25-37(26-28-38)36-15-5-3-6-16-36)53-51(40-17-7-4-8-18-40)45-20-9-10-21-46(45)54-52(53)47-22-12-14-24-50(47)57-54/h3-35H,1-2H3. The molecule has 0 spiro atoms. The molecule has 1 aromatic heterocycles. The maximum atomic E-state index is 6.86. The summed E-state index contributed by atoms with van der Waals surface area (Å²) in [4.78, 5) is 2.49. The summed E-state index contributed by atoms with van der Waals surface area (Å²) in [5.74, 6) is 0. The lowest BCUT2D eigenvalue weighted by molar-refractivity contribution is 0.660. The lowest BCUT2D eigenvalue weighted by Crippen LogP contribution is -2.17. The zero-order valence-electron chi connectivity index (χ0n) is 31.9. The number of anilines is 3. The smallest absolute Gasteiger partial charge is 0.145 e. The van der Waals surface area contributed by atoms with Crippen molar-refractivity contribution in [2.24, 2.45) is 0 Å². The van der Waals surface area contributed by atoms with E-state index in [1.165, 1.54) is 50.1 Å². The molecule has 57 heavy (non-hydrogen) atoms. The topological polar surface area (TPSA) is 16.4 Å². The summed E-state index contributed by atoms with van der Waals surface area (Å²) in [7, 11) is 0. The third-order valence-corrected chi connectivity index (χ3v) is 12.1. The minimum absolute atomic E-state index is 0.160. The van der Waals surface area contributed by atoms with Crippen LogP contribution >= 0.6 is 0 Å². The van der Waals surface area contributed by atoms with Gasteiger partial charge in [-0.2, -0.15) is 0 Å². The number of para-hydroxylation sites is 1. The molecular weight excluding hydrogens is 691 g/mol. The van der Waals surface area contributed by atoms with Gasteiger partial charge in [-0.25, -0.2) is 0 Å². The summed E-state index contributed by atoms with van der Waals surface area (Å²) in [6.07, 6.45) is 0. The lowest BCUT2D eigenvalue weighted by Gasteiger charge is -2.31. The van der Waals surface area contributed by atoms with E-state index >= 15 is 0 Å². The summed E-state index contributed by atoms with van der Waals surface area (Å²) in [6, 6.07) is 72.6. The van der Waals surface area contributed by atoms with Crippen LogP contribution in [0.3, 0.4) is 0 Å². The summed E-state index contributed by atoms with van der Waals surface area (Å²) >= 11 is 0. The van der Waals surface area contributed by atoms with Crippen molar-refractivity contribution in [3.8, 4) is 44.5 Å². The normalized spacial score (nSPS) is 12.9. The molecule has 0 aliphatic heterocycles. The quantitative estimate of drug-likeness (QED) is 0.169. The van der Waals surface area contributed by atoms with Crippen molar-refractivity contribution in [1.29, 1.82) is 0 Å². The van der Waals surface area contributed by atoms with Gasteiger partial charge in [0.1, 0.15) is 11.2 Å². The second kappa shape index (κ2) is 13.0. The predicted octanol–water partition coefficient (Wildman–Crippen LogP) is 15.5. The van der Waals surface area contributed by atoms with Gasteiger partial charge in [0.05, 0.1) is 11.1 Å². The maximum Gasteiger partial charge on any atom is 0.145 e. The number of hydrogen-bond donors (Lipinski definition) is 0. The van der Waals surface area contributed by atoms with Gasteiger partial charge in [0.15, 0.2) is 0 Å². The zero-order valence-corrected chi connectivity index (χ0v) is 31.9. The number of fused-ring (bicyclic) bond motifs is 8. The molecule has 10 aromatic rings. The molecule has 11 rings (SSSR count). The van der Waals surface area contributed by atoms with E-state index in [0.717, 1.165) is 55.3 Å². The molecule has 0 atom stereocenters. The molecule has 0 radical (unpaired) electrons. The van der Waals surface area contributed by atoms with E-state index < -0.39 is 0 Å². The van der Waals surface area contributed by atoms with Gasteiger partial charge in [0, 0.05) is 33.1 Å². The van der Waals surface area contributed by atoms with E-state index in [2.05, 4.69) is 219 Å². The minimum atomic E-state index is -0.160. The molecule has 270 valence electrons. The number of rotatable bonds is 6. The molecule has 0 amide bonds. The average molecular weight is 730 g/mol. The van der Waals surface area contributed by atoms with Gasteiger partial charge in [-0.15, -0.1) is 0 Å². The minimum Gasteiger partial charge on any atom is -0.455 e. The Hall–Kier alpha value is -7.16. The fourth-order valence-electron chi connectivity index (χ4n) is 9.27. The van der Waals surface area contributed by atoms with Gasteiger partial charge in [-0.1, -0.05) is 184 Å². The van der Waals surface area contributed by atoms with Gasteiger partial charge in [-0.3, -0.25) is 0 Å². The third kappa shape index (κ3) is 5.25. The van der Waals surface area contributed by atoms with Crippen molar-refractivity contribution in [3.63, 3.8) is 0 Å². The molecule has 0 saturated carbocycles. The van der Waals surface area contributed by atoms with Gasteiger partial charge >= 0.3 is 0 Å². The molecule has 0 saturated heterocycles. The second-order valence-electron chi connectivity index (χ2n) is 15.7. The Kier molecular flexibility index (Phi) is 7.55. The average Bonchev–Trinajstić information content (AvgIpc) is 3.77. The first-order valence-electron chi connectivity index (χ1n) is 19.8. The van der Waals surface area contributed by atoms with Crippen LogP contribution in [-0.4, -0.2) is 0 Å². The Morgan fingerprint density at radius 1 is 0.404 bits per heavy atom. The molecule has 0 fully saturated rings. The third-order valence-electron chi connectivity index (χ3n) is 12.1. The van der Waals surface area contributed by atoms with Crippen LogP contribution in [0, 0.1) is 0 Å². The molecule has 0 N–H and O–H groups in total. The highest BCUT2D eigenvalue weighted by Crippen LogP contribution is 2.55. The Morgan fingerprint density at radius 2 is 0.912 bits per heavy atom. The molecule has 1 heterocycles. The maximum absolute atomic E-state index is 6.86. The van der Waals surface area contributed by atoms with Gasteiger partial charge in [-0.05, 0) is 85.8 Å². The Labute approximate surface area is 332 Å². The fraction of sp³-hybridized carbons (Fsp3) is 0.0545. The summed E-state index contributed by atoms with van der Waals surface area (Å²) in [5.41, 5.74) is 17.3. The Bertz CT molecular complexity index is 3120. The van der Waals surface area contributed by atoms with Crippen molar-refractivity contribution in [2.45, 2.75) is 19.3 Å². The van der Waals surface area contributed by atoms with E-state index in [0.29, 0.717) is 0 Å². The van der Waals surface area contributed by atoms with Crippen molar-refractivity contribution < 1.29 is 4.42 Å². The summed E-state index contributed by atoms with van der Waals surface area (Å²) in [5, 5.41) is 4.46. The highest BCUT2D eigenvalue weighted by Gasteiger charge is 2.36. The second-order valence-corrected chi connectivity index (χ2v) is 15.7. The zero-order chi connectivity index (χ0) is 38.1. The van der Waals surface area contributed by atoms with Crippen LogP contribution in [0.4, 0.5) is 17.1 Å². The van der Waals surface area contributed by atoms with Gasteiger partial charge in [0.25, 0.3) is 0 Å². The van der Waals surface area contributed by atoms with Crippen molar-refractivity contribution >= 4 is 49.8 Å². The molecule has 0 bridgehead atoms. The van der Waals surface area contributed by atoms with Gasteiger partial charge < -0.3 is 9.32 Å². The molecule has 0 unspecified atom stereocenters. The fourth-order valence-corrected chi connectivity index (χ4v) is 9.27. The molecule has 2 heteroatoms. The summed E-state index contributed by atoms with van der Waals surface area (Å²) < 4.78 is 6.86. The highest BCUT2D eigenvalue weighted by atomic mass is 16.3. The predicted molar refractivity (Wildman–Crippen MR) is 240 cm³/mol. The van der Waals surface area contributed by atoms with Crippen molar-refractivity contribution in [2.75, 3.05) is 4.90 Å². The molecule has 2 nitrogen and oxygen atoms in total. The molecule has 9 aromatic carbocycles. The van der Waals surface area contributed by atoms with Crippen LogP contribution in [0.5, 0.6) is 0 Å². The Morgan fingerprint density at radius 3 is 1.61 bits per heavy atom. The van der Waals surface area contributed by atoms with Crippen LogP contribution in [0.2, 0.25) is 0 Å².